The summed E-state index contributed by atoms with van der Waals surface area (Å²) in [5.41, 5.74) is 0. The summed E-state index contributed by atoms with van der Waals surface area (Å²) in [6.07, 6.45) is 6.09. The lowest BCUT2D eigenvalue weighted by atomic mass is 9.78. The minimum Gasteiger partial charge on any atom is -0.465 e. The fraction of sp³-hybridized carbons (Fsp3) is 0.909. The Balaban J connectivity index is 1.91. The standard InChI is InChI=1S/C11H19NO2/c1-2-14-11(13)10-7-8-4-3-5-9(6-8)12-10/h8-10,12H,2-7H2,1H3. The van der Waals surface area contributed by atoms with Crippen LogP contribution in [0.1, 0.15) is 39.0 Å². The third-order valence-corrected chi connectivity index (χ3v) is 3.36. The Labute approximate surface area is 85.2 Å². The molecule has 0 aromatic carbocycles. The van der Waals surface area contributed by atoms with E-state index in [0.717, 1.165) is 12.3 Å². The summed E-state index contributed by atoms with van der Waals surface area (Å²) in [5, 5.41) is 3.39. The van der Waals surface area contributed by atoms with Gasteiger partial charge in [-0.1, -0.05) is 12.8 Å². The molecule has 2 fully saturated rings. The second-order valence-electron chi connectivity index (χ2n) is 4.44. The molecule has 0 aromatic rings. The number of nitrogens with one attached hydrogen (secondary N) is 1. The highest BCUT2D eigenvalue weighted by molar-refractivity contribution is 5.76. The molecular weight excluding hydrogens is 178 g/mol. The van der Waals surface area contributed by atoms with Gasteiger partial charge < -0.3 is 10.1 Å². The molecule has 1 aliphatic carbocycles. The van der Waals surface area contributed by atoms with Crippen LogP contribution in [-0.4, -0.2) is 24.7 Å². The lowest BCUT2D eigenvalue weighted by Crippen LogP contribution is -2.51. The molecule has 0 spiro atoms. The van der Waals surface area contributed by atoms with Gasteiger partial charge in [-0.2, -0.15) is 0 Å². The summed E-state index contributed by atoms with van der Waals surface area (Å²) in [7, 11) is 0. The van der Waals surface area contributed by atoms with Gasteiger partial charge in [0.05, 0.1) is 6.61 Å². The molecule has 80 valence electrons. The van der Waals surface area contributed by atoms with Gasteiger partial charge in [0.2, 0.25) is 0 Å². The number of rotatable bonds is 2. The molecule has 3 unspecified atom stereocenters. The predicted molar refractivity (Wildman–Crippen MR) is 53.9 cm³/mol. The van der Waals surface area contributed by atoms with Crippen LogP contribution in [0, 0.1) is 5.92 Å². The number of hydrogen-bond acceptors (Lipinski definition) is 3. The number of ether oxygens (including phenoxy) is 1. The van der Waals surface area contributed by atoms with E-state index in [9.17, 15) is 4.79 Å². The SMILES string of the molecule is CCOC(=O)C1CC2CCCC(C2)N1. The molecule has 3 heteroatoms. The Morgan fingerprint density at radius 2 is 2.29 bits per heavy atom. The quantitative estimate of drug-likeness (QED) is 0.681. The molecule has 2 bridgehead atoms. The van der Waals surface area contributed by atoms with E-state index in [2.05, 4.69) is 5.32 Å². The van der Waals surface area contributed by atoms with E-state index in [1.807, 2.05) is 6.92 Å². The first-order valence-corrected chi connectivity index (χ1v) is 5.72. The normalized spacial score (nSPS) is 36.5. The number of piperidine rings is 1. The highest BCUT2D eigenvalue weighted by Gasteiger charge is 2.34. The average Bonchev–Trinajstić information content (AvgIpc) is 2.17. The Morgan fingerprint density at radius 1 is 1.43 bits per heavy atom. The van der Waals surface area contributed by atoms with Gasteiger partial charge in [0.25, 0.3) is 0 Å². The van der Waals surface area contributed by atoms with E-state index in [4.69, 9.17) is 4.74 Å². The van der Waals surface area contributed by atoms with Crippen molar-refractivity contribution in [3.8, 4) is 0 Å². The van der Waals surface area contributed by atoms with Crippen molar-refractivity contribution in [2.24, 2.45) is 5.92 Å². The molecular formula is C11H19NO2. The molecule has 1 aliphatic heterocycles. The Kier molecular flexibility index (Phi) is 3.06. The summed E-state index contributed by atoms with van der Waals surface area (Å²) >= 11 is 0. The van der Waals surface area contributed by atoms with Gasteiger partial charge in [0.15, 0.2) is 0 Å². The minimum absolute atomic E-state index is 0.0287. The summed E-state index contributed by atoms with van der Waals surface area (Å²) in [6.45, 7) is 2.36. The summed E-state index contributed by atoms with van der Waals surface area (Å²) in [4.78, 5) is 11.5. The molecule has 3 atom stereocenters. The lowest BCUT2D eigenvalue weighted by Gasteiger charge is -2.39. The van der Waals surface area contributed by atoms with Crippen LogP contribution in [0.15, 0.2) is 0 Å². The molecule has 0 aromatic heterocycles. The van der Waals surface area contributed by atoms with Crippen LogP contribution in [0.25, 0.3) is 0 Å². The highest BCUT2D eigenvalue weighted by Crippen LogP contribution is 2.32. The smallest absolute Gasteiger partial charge is 0.323 e. The molecule has 0 amide bonds. The van der Waals surface area contributed by atoms with Crippen molar-refractivity contribution in [2.45, 2.75) is 51.1 Å². The van der Waals surface area contributed by atoms with Crippen LogP contribution in [0.4, 0.5) is 0 Å². The van der Waals surface area contributed by atoms with E-state index in [1.54, 1.807) is 0 Å². The van der Waals surface area contributed by atoms with Crippen molar-refractivity contribution >= 4 is 5.97 Å². The van der Waals surface area contributed by atoms with Gasteiger partial charge in [-0.25, -0.2) is 0 Å². The molecule has 2 aliphatic rings. The third-order valence-electron chi connectivity index (χ3n) is 3.36. The van der Waals surface area contributed by atoms with E-state index in [1.165, 1.54) is 25.7 Å². The number of carbonyl (C=O) groups is 1. The van der Waals surface area contributed by atoms with E-state index in [0.29, 0.717) is 12.6 Å². The molecule has 1 saturated carbocycles. The van der Waals surface area contributed by atoms with Gasteiger partial charge in [-0.3, -0.25) is 4.79 Å². The second kappa shape index (κ2) is 4.30. The summed E-state index contributed by atoms with van der Waals surface area (Å²) in [6, 6.07) is 0.538. The van der Waals surface area contributed by atoms with Gasteiger partial charge >= 0.3 is 5.97 Å². The largest absolute Gasteiger partial charge is 0.465 e. The maximum absolute atomic E-state index is 11.5. The summed E-state index contributed by atoms with van der Waals surface area (Å²) in [5.74, 6) is 0.702. The predicted octanol–water partition coefficient (Wildman–Crippen LogP) is 1.47. The fourth-order valence-electron chi connectivity index (χ4n) is 2.75. The van der Waals surface area contributed by atoms with Crippen LogP contribution in [0.3, 0.4) is 0 Å². The lowest BCUT2D eigenvalue weighted by molar-refractivity contribution is -0.147. The molecule has 2 rings (SSSR count). The molecule has 1 saturated heterocycles. The van der Waals surface area contributed by atoms with E-state index in [-0.39, 0.29) is 12.0 Å². The van der Waals surface area contributed by atoms with Crippen LogP contribution in [0.5, 0.6) is 0 Å². The molecule has 0 radical (unpaired) electrons. The van der Waals surface area contributed by atoms with Crippen molar-refractivity contribution in [1.82, 2.24) is 5.32 Å². The van der Waals surface area contributed by atoms with Crippen LogP contribution in [-0.2, 0) is 9.53 Å². The average molecular weight is 197 g/mol. The molecule has 14 heavy (non-hydrogen) atoms. The van der Waals surface area contributed by atoms with Crippen molar-refractivity contribution in [1.29, 1.82) is 0 Å². The van der Waals surface area contributed by atoms with Gasteiger partial charge in [-0.05, 0) is 32.1 Å². The second-order valence-corrected chi connectivity index (χ2v) is 4.44. The monoisotopic (exact) mass is 197 g/mol. The van der Waals surface area contributed by atoms with Crippen LogP contribution < -0.4 is 5.32 Å². The van der Waals surface area contributed by atoms with E-state index >= 15 is 0 Å². The number of hydrogen-bond donors (Lipinski definition) is 1. The van der Waals surface area contributed by atoms with Crippen molar-refractivity contribution in [2.75, 3.05) is 6.61 Å². The Bertz CT molecular complexity index is 205. The zero-order chi connectivity index (χ0) is 9.97. The Morgan fingerprint density at radius 3 is 3.00 bits per heavy atom. The number of esters is 1. The molecule has 3 nitrogen and oxygen atoms in total. The molecule has 1 N–H and O–H groups in total. The van der Waals surface area contributed by atoms with Crippen molar-refractivity contribution < 1.29 is 9.53 Å². The first-order valence-electron chi connectivity index (χ1n) is 5.72. The Hall–Kier alpha value is -0.570. The third kappa shape index (κ3) is 2.08. The first-order chi connectivity index (χ1) is 6.79. The zero-order valence-corrected chi connectivity index (χ0v) is 8.79. The topological polar surface area (TPSA) is 38.3 Å². The van der Waals surface area contributed by atoms with Gasteiger partial charge in [0.1, 0.15) is 6.04 Å². The highest BCUT2D eigenvalue weighted by atomic mass is 16.5. The fourth-order valence-corrected chi connectivity index (χ4v) is 2.75. The zero-order valence-electron chi connectivity index (χ0n) is 8.79. The van der Waals surface area contributed by atoms with Crippen LogP contribution >= 0.6 is 0 Å². The van der Waals surface area contributed by atoms with E-state index < -0.39 is 0 Å². The van der Waals surface area contributed by atoms with Gasteiger partial charge in [-0.15, -0.1) is 0 Å². The van der Waals surface area contributed by atoms with Crippen molar-refractivity contribution in [3.05, 3.63) is 0 Å². The molecule has 1 heterocycles. The maximum atomic E-state index is 11.5. The maximum Gasteiger partial charge on any atom is 0.323 e. The first kappa shape index (κ1) is 9.97. The van der Waals surface area contributed by atoms with Gasteiger partial charge in [0, 0.05) is 6.04 Å². The number of carbonyl (C=O) groups excluding carboxylic acids is 1. The number of fused-ring (bicyclic) bond motifs is 2. The summed E-state index contributed by atoms with van der Waals surface area (Å²) < 4.78 is 5.05. The van der Waals surface area contributed by atoms with Crippen molar-refractivity contribution in [3.63, 3.8) is 0 Å². The van der Waals surface area contributed by atoms with Crippen LogP contribution in [0.2, 0.25) is 0 Å². The minimum atomic E-state index is -0.0518.